The topological polar surface area (TPSA) is 71.5 Å². The van der Waals surface area contributed by atoms with Crippen molar-refractivity contribution < 1.29 is 16.8 Å². The molecule has 5 nitrogen and oxygen atoms in total. The van der Waals surface area contributed by atoms with Gasteiger partial charge in [0, 0.05) is 19.3 Å². The van der Waals surface area contributed by atoms with Crippen molar-refractivity contribution in [2.45, 2.75) is 28.6 Å². The summed E-state index contributed by atoms with van der Waals surface area (Å²) in [6.45, 7) is 0.753. The molecule has 8 heteroatoms. The van der Waals surface area contributed by atoms with Gasteiger partial charge in [0.15, 0.2) is 9.84 Å². The molecule has 0 radical (unpaired) electrons. The van der Waals surface area contributed by atoms with E-state index >= 15 is 0 Å². The summed E-state index contributed by atoms with van der Waals surface area (Å²) in [6.07, 6.45) is 2.47. The monoisotopic (exact) mass is 413 g/mol. The number of sulfone groups is 1. The van der Waals surface area contributed by atoms with Crippen LogP contribution < -0.4 is 0 Å². The number of piperidine rings is 1. The fourth-order valence-corrected chi connectivity index (χ4v) is 5.90. The highest BCUT2D eigenvalue weighted by molar-refractivity contribution is 7.91. The predicted molar refractivity (Wildman–Crippen MR) is 102 cm³/mol. The van der Waals surface area contributed by atoms with Crippen molar-refractivity contribution in [2.24, 2.45) is 0 Å². The SMILES string of the molecule is CS(=O)(=O)c1ccc(Cl)c(S(=O)(=O)N2CCC(c3ccccc3)CC2)c1. The highest BCUT2D eigenvalue weighted by Crippen LogP contribution is 2.33. The van der Waals surface area contributed by atoms with Crippen molar-refractivity contribution in [1.29, 1.82) is 0 Å². The molecule has 0 spiro atoms. The Kier molecular flexibility index (Phi) is 5.44. The molecule has 2 aromatic carbocycles. The van der Waals surface area contributed by atoms with Gasteiger partial charge in [-0.3, -0.25) is 0 Å². The van der Waals surface area contributed by atoms with Crippen molar-refractivity contribution >= 4 is 31.5 Å². The van der Waals surface area contributed by atoms with Gasteiger partial charge < -0.3 is 0 Å². The summed E-state index contributed by atoms with van der Waals surface area (Å²) < 4.78 is 50.8. The van der Waals surface area contributed by atoms with Crippen LogP contribution in [0.2, 0.25) is 5.02 Å². The fourth-order valence-electron chi connectivity index (χ4n) is 3.21. The number of sulfonamides is 1. The average Bonchev–Trinajstić information content (AvgIpc) is 2.62. The molecular weight excluding hydrogens is 394 g/mol. The molecule has 0 aromatic heterocycles. The molecule has 1 aliphatic rings. The third kappa shape index (κ3) is 3.96. The second-order valence-corrected chi connectivity index (χ2v) is 10.8. The van der Waals surface area contributed by atoms with Crippen LogP contribution in [0.25, 0.3) is 0 Å². The minimum Gasteiger partial charge on any atom is -0.224 e. The van der Waals surface area contributed by atoms with Gasteiger partial charge >= 0.3 is 0 Å². The second-order valence-electron chi connectivity index (χ2n) is 6.45. The lowest BCUT2D eigenvalue weighted by atomic mass is 9.90. The molecule has 0 aliphatic carbocycles. The van der Waals surface area contributed by atoms with Crippen LogP contribution in [0.5, 0.6) is 0 Å². The first-order valence-corrected chi connectivity index (χ1v) is 12.0. The predicted octanol–water partition coefficient (Wildman–Crippen LogP) is 3.31. The lowest BCUT2D eigenvalue weighted by molar-refractivity contribution is 0.319. The molecule has 0 bridgehead atoms. The standard InChI is InChI=1S/C18H20ClNO4S2/c1-25(21,22)16-7-8-17(19)18(13-16)26(23,24)20-11-9-15(10-12-20)14-5-3-2-4-6-14/h2-8,13,15H,9-12H2,1H3. The van der Waals surface area contributed by atoms with E-state index in [9.17, 15) is 16.8 Å². The van der Waals surface area contributed by atoms with Crippen LogP contribution in [0, 0.1) is 0 Å². The maximum atomic E-state index is 13.0. The molecule has 0 saturated carbocycles. The smallest absolute Gasteiger partial charge is 0.224 e. The fraction of sp³-hybridized carbons (Fsp3) is 0.333. The number of hydrogen-bond donors (Lipinski definition) is 0. The number of rotatable bonds is 4. The van der Waals surface area contributed by atoms with E-state index in [1.807, 2.05) is 18.2 Å². The Morgan fingerprint density at radius 1 is 0.962 bits per heavy atom. The van der Waals surface area contributed by atoms with Gasteiger partial charge in [-0.1, -0.05) is 41.9 Å². The van der Waals surface area contributed by atoms with Crippen LogP contribution in [-0.2, 0) is 19.9 Å². The molecule has 0 unspecified atom stereocenters. The van der Waals surface area contributed by atoms with Crippen LogP contribution in [0.1, 0.15) is 24.3 Å². The van der Waals surface area contributed by atoms with Gasteiger partial charge in [0.2, 0.25) is 10.0 Å². The maximum Gasteiger partial charge on any atom is 0.244 e. The lowest BCUT2D eigenvalue weighted by Gasteiger charge is -2.31. The van der Waals surface area contributed by atoms with E-state index in [2.05, 4.69) is 12.1 Å². The zero-order chi connectivity index (χ0) is 18.9. The molecule has 0 atom stereocenters. The van der Waals surface area contributed by atoms with Gasteiger partial charge in [-0.2, -0.15) is 4.31 Å². The zero-order valence-electron chi connectivity index (χ0n) is 14.3. The number of benzene rings is 2. The van der Waals surface area contributed by atoms with Gasteiger partial charge in [-0.15, -0.1) is 0 Å². The first kappa shape index (κ1) is 19.4. The number of halogens is 1. The van der Waals surface area contributed by atoms with Gasteiger partial charge in [-0.05, 0) is 42.5 Å². The second kappa shape index (κ2) is 7.31. The van der Waals surface area contributed by atoms with Crippen LogP contribution in [-0.4, -0.2) is 40.5 Å². The summed E-state index contributed by atoms with van der Waals surface area (Å²) >= 11 is 6.07. The van der Waals surface area contributed by atoms with Crippen molar-refractivity contribution in [1.82, 2.24) is 4.31 Å². The Morgan fingerprint density at radius 3 is 2.15 bits per heavy atom. The molecule has 1 saturated heterocycles. The summed E-state index contributed by atoms with van der Waals surface area (Å²) in [5.41, 5.74) is 1.21. The third-order valence-corrected chi connectivity index (χ3v) is 8.16. The van der Waals surface area contributed by atoms with Gasteiger partial charge in [0.25, 0.3) is 0 Å². The van der Waals surface area contributed by atoms with Crippen LogP contribution in [0.3, 0.4) is 0 Å². The zero-order valence-corrected chi connectivity index (χ0v) is 16.7. The summed E-state index contributed by atoms with van der Waals surface area (Å²) in [5, 5.41) is 0.0302. The molecule has 140 valence electrons. The van der Waals surface area contributed by atoms with Crippen molar-refractivity contribution in [3.63, 3.8) is 0 Å². The molecule has 1 heterocycles. The van der Waals surface area contributed by atoms with E-state index in [-0.39, 0.29) is 14.8 Å². The van der Waals surface area contributed by atoms with Gasteiger partial charge in [0.05, 0.1) is 9.92 Å². The number of hydrogen-bond acceptors (Lipinski definition) is 4. The van der Waals surface area contributed by atoms with E-state index in [1.165, 1.54) is 22.0 Å². The molecule has 1 aliphatic heterocycles. The van der Waals surface area contributed by atoms with Crippen molar-refractivity contribution in [3.8, 4) is 0 Å². The molecule has 0 N–H and O–H groups in total. The van der Waals surface area contributed by atoms with E-state index in [4.69, 9.17) is 11.6 Å². The molecule has 2 aromatic rings. The van der Waals surface area contributed by atoms with Gasteiger partial charge in [0.1, 0.15) is 4.90 Å². The summed E-state index contributed by atoms with van der Waals surface area (Å²) in [6, 6.07) is 13.8. The number of nitrogens with zero attached hydrogens (tertiary/aromatic N) is 1. The van der Waals surface area contributed by atoms with E-state index in [1.54, 1.807) is 0 Å². The maximum absolute atomic E-state index is 13.0. The van der Waals surface area contributed by atoms with E-state index < -0.39 is 19.9 Å². The highest BCUT2D eigenvalue weighted by Gasteiger charge is 2.32. The quantitative estimate of drug-likeness (QED) is 0.770. The molecule has 1 fully saturated rings. The van der Waals surface area contributed by atoms with E-state index in [0.717, 1.165) is 12.3 Å². The first-order valence-electron chi connectivity index (χ1n) is 8.24. The Hall–Kier alpha value is -1.41. The molecule has 26 heavy (non-hydrogen) atoms. The van der Waals surface area contributed by atoms with Crippen molar-refractivity contribution in [3.05, 3.63) is 59.1 Å². The van der Waals surface area contributed by atoms with E-state index in [0.29, 0.717) is 31.8 Å². The van der Waals surface area contributed by atoms with Crippen molar-refractivity contribution in [2.75, 3.05) is 19.3 Å². The first-order chi connectivity index (χ1) is 12.2. The molecule has 3 rings (SSSR count). The molecular formula is C18H20ClNO4S2. The molecule has 0 amide bonds. The minimum absolute atomic E-state index is 0.0302. The Balaban J connectivity index is 1.84. The average molecular weight is 414 g/mol. The summed E-state index contributed by atoms with van der Waals surface area (Å²) in [7, 11) is -7.36. The summed E-state index contributed by atoms with van der Waals surface area (Å²) in [5.74, 6) is 0.320. The van der Waals surface area contributed by atoms with Gasteiger partial charge in [-0.25, -0.2) is 16.8 Å². The summed E-state index contributed by atoms with van der Waals surface area (Å²) in [4.78, 5) is -0.208. The lowest BCUT2D eigenvalue weighted by Crippen LogP contribution is -2.38. The van der Waals surface area contributed by atoms with Crippen LogP contribution in [0.15, 0.2) is 58.3 Å². The largest absolute Gasteiger partial charge is 0.244 e. The normalized spacial score (nSPS) is 17.3. The Bertz CT molecular complexity index is 997. The van der Waals surface area contributed by atoms with Crippen LogP contribution >= 0.6 is 11.6 Å². The Morgan fingerprint density at radius 2 is 1.58 bits per heavy atom. The minimum atomic E-state index is -3.84. The highest BCUT2D eigenvalue weighted by atomic mass is 35.5. The Labute approximate surface area is 159 Å². The third-order valence-electron chi connectivity index (χ3n) is 4.67. The van der Waals surface area contributed by atoms with Crippen LogP contribution in [0.4, 0.5) is 0 Å².